The average Bonchev–Trinajstić information content (AvgIpc) is 2.30. The maximum absolute atomic E-state index is 11.0. The molecule has 1 heterocycles. The molecule has 2 aromatic rings. The van der Waals surface area contributed by atoms with Crippen LogP contribution < -0.4 is 5.73 Å². The zero-order valence-electron chi connectivity index (χ0n) is 8.35. The van der Waals surface area contributed by atoms with Crippen LogP contribution >= 0.6 is 22.6 Å². The Balaban J connectivity index is 2.44. The van der Waals surface area contributed by atoms with E-state index in [-0.39, 0.29) is 5.69 Å². The van der Waals surface area contributed by atoms with Crippen LogP contribution in [0.3, 0.4) is 0 Å². The summed E-state index contributed by atoms with van der Waals surface area (Å²) in [6, 6.07) is 13.2. The molecule has 0 atom stereocenters. The van der Waals surface area contributed by atoms with Gasteiger partial charge < -0.3 is 5.73 Å². The fourth-order valence-corrected chi connectivity index (χ4v) is 1.71. The molecule has 16 heavy (non-hydrogen) atoms. The molecule has 1 aromatic heterocycles. The Morgan fingerprint density at radius 2 is 1.81 bits per heavy atom. The Morgan fingerprint density at radius 1 is 1.12 bits per heavy atom. The van der Waals surface area contributed by atoms with Gasteiger partial charge in [-0.2, -0.15) is 0 Å². The Morgan fingerprint density at radius 3 is 2.44 bits per heavy atom. The van der Waals surface area contributed by atoms with E-state index in [1.807, 2.05) is 30.3 Å². The predicted octanol–water partition coefficient (Wildman–Crippen LogP) is 2.45. The van der Waals surface area contributed by atoms with E-state index >= 15 is 0 Å². The first kappa shape index (κ1) is 11.1. The summed E-state index contributed by atoms with van der Waals surface area (Å²) in [4.78, 5) is 15.2. The van der Waals surface area contributed by atoms with Crippen molar-refractivity contribution >= 4 is 28.5 Å². The number of aromatic nitrogens is 1. The minimum Gasteiger partial charge on any atom is -0.364 e. The molecule has 0 unspecified atom stereocenters. The van der Waals surface area contributed by atoms with E-state index < -0.39 is 5.91 Å². The van der Waals surface area contributed by atoms with Gasteiger partial charge in [-0.05, 0) is 46.9 Å². The van der Waals surface area contributed by atoms with Crippen LogP contribution in [0.4, 0.5) is 0 Å². The Hall–Kier alpha value is -1.43. The molecular formula is C12H9IN2O. The second kappa shape index (κ2) is 4.61. The topological polar surface area (TPSA) is 56.0 Å². The number of nitrogens with zero attached hydrogens (tertiary/aromatic N) is 1. The van der Waals surface area contributed by atoms with Gasteiger partial charge in [-0.3, -0.25) is 4.79 Å². The normalized spacial score (nSPS) is 10.1. The Kier molecular flexibility index (Phi) is 3.19. The Labute approximate surface area is 107 Å². The van der Waals surface area contributed by atoms with E-state index in [0.717, 1.165) is 14.8 Å². The molecule has 0 aliphatic heterocycles. The van der Waals surface area contributed by atoms with Crippen molar-refractivity contribution in [2.75, 3.05) is 0 Å². The number of amides is 1. The highest BCUT2D eigenvalue weighted by atomic mass is 127. The molecule has 4 heteroatoms. The van der Waals surface area contributed by atoms with Gasteiger partial charge >= 0.3 is 0 Å². The number of carbonyl (C=O) groups excluding carboxylic acids is 1. The molecule has 0 aliphatic rings. The second-order valence-electron chi connectivity index (χ2n) is 3.28. The van der Waals surface area contributed by atoms with E-state index in [1.165, 1.54) is 0 Å². The van der Waals surface area contributed by atoms with Gasteiger partial charge in [-0.25, -0.2) is 4.98 Å². The van der Waals surface area contributed by atoms with Gasteiger partial charge in [-0.15, -0.1) is 0 Å². The number of nitrogens with two attached hydrogens (primary N) is 1. The molecule has 2 rings (SSSR count). The summed E-state index contributed by atoms with van der Waals surface area (Å²) in [5.74, 6) is -0.507. The van der Waals surface area contributed by atoms with Crippen molar-refractivity contribution in [3.8, 4) is 11.3 Å². The summed E-state index contributed by atoms with van der Waals surface area (Å²) >= 11 is 2.24. The van der Waals surface area contributed by atoms with Gasteiger partial charge in [0.05, 0.1) is 5.69 Å². The number of primary amides is 1. The zero-order chi connectivity index (χ0) is 11.5. The summed E-state index contributed by atoms with van der Waals surface area (Å²) in [6.45, 7) is 0. The number of rotatable bonds is 2. The van der Waals surface area contributed by atoms with Crippen molar-refractivity contribution in [1.29, 1.82) is 0 Å². The van der Waals surface area contributed by atoms with Crippen LogP contribution in [-0.2, 0) is 0 Å². The summed E-state index contributed by atoms with van der Waals surface area (Å²) < 4.78 is 1.16. The number of pyridine rings is 1. The van der Waals surface area contributed by atoms with Gasteiger partial charge in [0, 0.05) is 9.13 Å². The van der Waals surface area contributed by atoms with Crippen LogP contribution in [0.5, 0.6) is 0 Å². The molecule has 0 spiro atoms. The molecular weight excluding hydrogens is 315 g/mol. The summed E-state index contributed by atoms with van der Waals surface area (Å²) in [6.07, 6.45) is 0. The van der Waals surface area contributed by atoms with Crippen molar-refractivity contribution < 1.29 is 4.79 Å². The third-order valence-corrected chi connectivity index (χ3v) is 2.86. The molecule has 2 N–H and O–H groups in total. The third-order valence-electron chi connectivity index (χ3n) is 2.14. The maximum Gasteiger partial charge on any atom is 0.267 e. The SMILES string of the molecule is NC(=O)c1cccc(-c2ccc(I)cc2)n1. The lowest BCUT2D eigenvalue weighted by Crippen LogP contribution is -2.12. The van der Waals surface area contributed by atoms with Gasteiger partial charge in [-0.1, -0.05) is 18.2 Å². The van der Waals surface area contributed by atoms with Gasteiger partial charge in [0.2, 0.25) is 0 Å². The first-order chi connectivity index (χ1) is 7.66. The first-order valence-corrected chi connectivity index (χ1v) is 5.77. The van der Waals surface area contributed by atoms with Crippen molar-refractivity contribution in [1.82, 2.24) is 4.98 Å². The monoisotopic (exact) mass is 324 g/mol. The molecule has 0 aliphatic carbocycles. The number of halogens is 1. The van der Waals surface area contributed by atoms with Crippen LogP contribution in [0.15, 0.2) is 42.5 Å². The lowest BCUT2D eigenvalue weighted by Gasteiger charge is -2.02. The number of hydrogen-bond donors (Lipinski definition) is 1. The quantitative estimate of drug-likeness (QED) is 0.863. The van der Waals surface area contributed by atoms with Crippen LogP contribution in [0.25, 0.3) is 11.3 Å². The third kappa shape index (κ3) is 2.38. The fraction of sp³-hybridized carbons (Fsp3) is 0. The smallest absolute Gasteiger partial charge is 0.267 e. The lowest BCUT2D eigenvalue weighted by molar-refractivity contribution is 0.0995. The zero-order valence-corrected chi connectivity index (χ0v) is 10.5. The van der Waals surface area contributed by atoms with E-state index in [2.05, 4.69) is 27.6 Å². The number of hydrogen-bond acceptors (Lipinski definition) is 2. The van der Waals surface area contributed by atoms with Gasteiger partial charge in [0.1, 0.15) is 5.69 Å². The molecule has 0 saturated heterocycles. The highest BCUT2D eigenvalue weighted by molar-refractivity contribution is 14.1. The molecule has 1 amide bonds. The summed E-state index contributed by atoms with van der Waals surface area (Å²) in [7, 11) is 0. The molecule has 0 saturated carbocycles. The fourth-order valence-electron chi connectivity index (χ4n) is 1.35. The molecule has 0 radical (unpaired) electrons. The minimum atomic E-state index is -0.507. The van der Waals surface area contributed by atoms with Crippen LogP contribution in [-0.4, -0.2) is 10.9 Å². The standard InChI is InChI=1S/C12H9IN2O/c13-9-6-4-8(5-7-9)10-2-1-3-11(15-10)12(14)16/h1-7H,(H2,14,16). The molecule has 0 fully saturated rings. The van der Waals surface area contributed by atoms with E-state index in [1.54, 1.807) is 12.1 Å². The van der Waals surface area contributed by atoms with E-state index in [9.17, 15) is 4.79 Å². The number of carbonyl (C=O) groups is 1. The van der Waals surface area contributed by atoms with Crippen LogP contribution in [0.1, 0.15) is 10.5 Å². The molecule has 3 nitrogen and oxygen atoms in total. The first-order valence-electron chi connectivity index (χ1n) is 4.69. The van der Waals surface area contributed by atoms with Gasteiger partial charge in [0.25, 0.3) is 5.91 Å². The predicted molar refractivity (Wildman–Crippen MR) is 70.9 cm³/mol. The van der Waals surface area contributed by atoms with Crippen LogP contribution in [0.2, 0.25) is 0 Å². The average molecular weight is 324 g/mol. The van der Waals surface area contributed by atoms with Crippen molar-refractivity contribution in [2.45, 2.75) is 0 Å². The van der Waals surface area contributed by atoms with Gasteiger partial charge in [0.15, 0.2) is 0 Å². The second-order valence-corrected chi connectivity index (χ2v) is 4.52. The largest absolute Gasteiger partial charge is 0.364 e. The number of benzene rings is 1. The van der Waals surface area contributed by atoms with Crippen molar-refractivity contribution in [2.24, 2.45) is 5.73 Å². The molecule has 80 valence electrons. The van der Waals surface area contributed by atoms with E-state index in [4.69, 9.17) is 5.73 Å². The molecule has 1 aromatic carbocycles. The van der Waals surface area contributed by atoms with Crippen LogP contribution in [0, 0.1) is 3.57 Å². The highest BCUT2D eigenvalue weighted by Gasteiger charge is 2.04. The van der Waals surface area contributed by atoms with Crippen molar-refractivity contribution in [3.63, 3.8) is 0 Å². The highest BCUT2D eigenvalue weighted by Crippen LogP contribution is 2.18. The Bertz CT molecular complexity index is 523. The molecule has 0 bridgehead atoms. The summed E-state index contributed by atoms with van der Waals surface area (Å²) in [5.41, 5.74) is 7.20. The summed E-state index contributed by atoms with van der Waals surface area (Å²) in [5, 5.41) is 0. The maximum atomic E-state index is 11.0. The minimum absolute atomic E-state index is 0.288. The van der Waals surface area contributed by atoms with Crippen molar-refractivity contribution in [3.05, 3.63) is 51.7 Å². The van der Waals surface area contributed by atoms with E-state index in [0.29, 0.717) is 0 Å². The lowest BCUT2D eigenvalue weighted by atomic mass is 10.1.